The normalized spacial score (nSPS) is 17.9. The van der Waals surface area contributed by atoms with E-state index in [1.54, 1.807) is 0 Å². The fourth-order valence-electron chi connectivity index (χ4n) is 6.22. The van der Waals surface area contributed by atoms with Gasteiger partial charge in [-0.15, -0.1) is 0 Å². The van der Waals surface area contributed by atoms with Gasteiger partial charge in [0, 0.05) is 38.1 Å². The van der Waals surface area contributed by atoms with Crippen LogP contribution in [0.3, 0.4) is 0 Å². The summed E-state index contributed by atoms with van der Waals surface area (Å²) >= 11 is 0. The molecule has 1 rings (SSSR count). The van der Waals surface area contributed by atoms with Gasteiger partial charge in [0.15, 0.2) is 0 Å². The van der Waals surface area contributed by atoms with E-state index in [1.807, 2.05) is 0 Å². The first-order chi connectivity index (χ1) is 20.8. The van der Waals surface area contributed by atoms with Crippen LogP contribution in [-0.4, -0.2) is 51.5 Å². The summed E-state index contributed by atoms with van der Waals surface area (Å²) in [7, 11) is 2.25. The number of unbranched alkanes of at least 4 members (excludes halogenated alkanes) is 20. The lowest BCUT2D eigenvalue weighted by Crippen LogP contribution is -2.23. The zero-order valence-corrected chi connectivity index (χ0v) is 28.9. The maximum Gasteiger partial charge on any atom is 0.0510 e. The van der Waals surface area contributed by atoms with Crippen molar-refractivity contribution < 1.29 is 9.47 Å². The van der Waals surface area contributed by atoms with E-state index < -0.39 is 0 Å². The highest BCUT2D eigenvalue weighted by Gasteiger charge is 2.30. The largest absolute Gasteiger partial charge is 0.381 e. The molecule has 1 aliphatic rings. The molecule has 0 aromatic carbocycles. The summed E-state index contributed by atoms with van der Waals surface area (Å²) in [6.45, 7) is 10.6. The van der Waals surface area contributed by atoms with Crippen molar-refractivity contribution in [2.24, 2.45) is 11.8 Å². The first-order valence-corrected chi connectivity index (χ1v) is 18.9. The standard InChI is InChI=1S/C39H75NO2/c1-4-6-8-10-12-14-16-18-20-22-24-26-28-30-32-41-36-38-34-40(3)35-39(38)37-42-33-31-29-27-25-23-21-19-17-15-13-11-9-7-5-2/h14-17,38-39H,4-13,18-37H2,1-3H3/b16-14-,17-15-/t38-,39?/m0/s1. The Kier molecular flexibility index (Phi) is 29.8. The van der Waals surface area contributed by atoms with E-state index in [2.05, 4.69) is 50.1 Å². The van der Waals surface area contributed by atoms with Crippen molar-refractivity contribution in [3.05, 3.63) is 24.3 Å². The fourth-order valence-corrected chi connectivity index (χ4v) is 6.22. The molecular formula is C39H75NO2. The van der Waals surface area contributed by atoms with Crippen LogP contribution in [0.1, 0.15) is 168 Å². The molecule has 1 unspecified atom stereocenters. The average Bonchev–Trinajstić information content (AvgIpc) is 3.35. The molecule has 0 aromatic rings. The number of hydrogen-bond donors (Lipinski definition) is 0. The third kappa shape index (κ3) is 25.8. The van der Waals surface area contributed by atoms with Crippen LogP contribution < -0.4 is 0 Å². The van der Waals surface area contributed by atoms with Gasteiger partial charge >= 0.3 is 0 Å². The molecule has 0 aromatic heterocycles. The Bertz CT molecular complexity index is 539. The second-order valence-corrected chi connectivity index (χ2v) is 13.4. The Morgan fingerprint density at radius 2 is 0.762 bits per heavy atom. The quantitative estimate of drug-likeness (QED) is 0.0575. The van der Waals surface area contributed by atoms with Gasteiger partial charge < -0.3 is 14.4 Å². The summed E-state index contributed by atoms with van der Waals surface area (Å²) in [6.07, 6.45) is 41.8. The Labute approximate surface area is 264 Å². The number of hydrogen-bond acceptors (Lipinski definition) is 3. The zero-order valence-electron chi connectivity index (χ0n) is 28.9. The highest BCUT2D eigenvalue weighted by atomic mass is 16.5. The van der Waals surface area contributed by atoms with Crippen molar-refractivity contribution in [1.82, 2.24) is 4.90 Å². The molecule has 0 saturated carbocycles. The molecule has 0 N–H and O–H groups in total. The monoisotopic (exact) mass is 590 g/mol. The first kappa shape index (κ1) is 39.4. The molecule has 0 amide bonds. The number of allylic oxidation sites excluding steroid dienone is 4. The maximum absolute atomic E-state index is 6.14. The third-order valence-electron chi connectivity index (χ3n) is 9.02. The van der Waals surface area contributed by atoms with Crippen molar-refractivity contribution in [1.29, 1.82) is 0 Å². The molecule has 0 radical (unpaired) electrons. The lowest BCUT2D eigenvalue weighted by Gasteiger charge is -2.18. The van der Waals surface area contributed by atoms with Crippen LogP contribution in [0.2, 0.25) is 0 Å². The molecule has 1 saturated heterocycles. The summed E-state index contributed by atoms with van der Waals surface area (Å²) in [5.41, 5.74) is 0. The van der Waals surface area contributed by atoms with Gasteiger partial charge in [0.25, 0.3) is 0 Å². The summed E-state index contributed by atoms with van der Waals surface area (Å²) in [5, 5.41) is 0. The summed E-state index contributed by atoms with van der Waals surface area (Å²) in [6, 6.07) is 0. The van der Waals surface area contributed by atoms with Gasteiger partial charge in [-0.25, -0.2) is 0 Å². The minimum absolute atomic E-state index is 0.639. The van der Waals surface area contributed by atoms with E-state index in [9.17, 15) is 0 Å². The molecular weight excluding hydrogens is 514 g/mol. The minimum Gasteiger partial charge on any atom is -0.381 e. The van der Waals surface area contributed by atoms with Crippen molar-refractivity contribution >= 4 is 0 Å². The molecule has 3 nitrogen and oxygen atoms in total. The third-order valence-corrected chi connectivity index (χ3v) is 9.02. The smallest absolute Gasteiger partial charge is 0.0510 e. The molecule has 2 atom stereocenters. The van der Waals surface area contributed by atoms with Crippen molar-refractivity contribution in [3.8, 4) is 0 Å². The van der Waals surface area contributed by atoms with E-state index in [0.717, 1.165) is 39.5 Å². The topological polar surface area (TPSA) is 21.7 Å². The average molecular weight is 590 g/mol. The van der Waals surface area contributed by atoms with Gasteiger partial charge in [-0.3, -0.25) is 0 Å². The van der Waals surface area contributed by atoms with Gasteiger partial charge in [-0.1, -0.05) is 128 Å². The van der Waals surface area contributed by atoms with Crippen molar-refractivity contribution in [2.75, 3.05) is 46.6 Å². The van der Waals surface area contributed by atoms with Crippen LogP contribution in [0.5, 0.6) is 0 Å². The Morgan fingerprint density at radius 3 is 1.12 bits per heavy atom. The molecule has 1 heterocycles. The molecule has 42 heavy (non-hydrogen) atoms. The fraction of sp³-hybridized carbons (Fsp3) is 0.897. The van der Waals surface area contributed by atoms with Crippen LogP contribution in [0, 0.1) is 11.8 Å². The van der Waals surface area contributed by atoms with Crippen LogP contribution in [0.25, 0.3) is 0 Å². The summed E-state index contributed by atoms with van der Waals surface area (Å²) in [5.74, 6) is 1.28. The number of likely N-dealkylation sites (tertiary alicyclic amines) is 1. The van der Waals surface area contributed by atoms with E-state index in [-0.39, 0.29) is 0 Å². The Hall–Kier alpha value is -0.640. The lowest BCUT2D eigenvalue weighted by atomic mass is 9.98. The molecule has 0 aliphatic carbocycles. The van der Waals surface area contributed by atoms with Crippen LogP contribution in [0.4, 0.5) is 0 Å². The summed E-state index contributed by atoms with van der Waals surface area (Å²) < 4.78 is 12.3. The van der Waals surface area contributed by atoms with Gasteiger partial charge in [-0.2, -0.15) is 0 Å². The van der Waals surface area contributed by atoms with Crippen LogP contribution in [-0.2, 0) is 9.47 Å². The number of rotatable bonds is 32. The highest BCUT2D eigenvalue weighted by molar-refractivity contribution is 4.83. The number of ether oxygens (including phenoxy) is 2. The van der Waals surface area contributed by atoms with Crippen molar-refractivity contribution in [2.45, 2.75) is 168 Å². The second-order valence-electron chi connectivity index (χ2n) is 13.4. The Morgan fingerprint density at radius 1 is 0.452 bits per heavy atom. The molecule has 0 bridgehead atoms. The van der Waals surface area contributed by atoms with Gasteiger partial charge in [-0.05, 0) is 71.3 Å². The molecule has 1 fully saturated rings. The van der Waals surface area contributed by atoms with E-state index in [4.69, 9.17) is 9.47 Å². The van der Waals surface area contributed by atoms with Crippen LogP contribution in [0.15, 0.2) is 24.3 Å². The second kappa shape index (κ2) is 31.8. The summed E-state index contributed by atoms with van der Waals surface area (Å²) in [4.78, 5) is 2.46. The van der Waals surface area contributed by atoms with Crippen LogP contribution >= 0.6 is 0 Å². The van der Waals surface area contributed by atoms with E-state index in [0.29, 0.717) is 11.8 Å². The molecule has 1 aliphatic heterocycles. The van der Waals surface area contributed by atoms with Gasteiger partial charge in [0.05, 0.1) is 13.2 Å². The zero-order chi connectivity index (χ0) is 30.2. The predicted octanol–water partition coefficient (Wildman–Crippen LogP) is 11.7. The molecule has 3 heteroatoms. The minimum atomic E-state index is 0.639. The van der Waals surface area contributed by atoms with Gasteiger partial charge in [0.1, 0.15) is 0 Å². The maximum atomic E-state index is 6.14. The van der Waals surface area contributed by atoms with Crippen molar-refractivity contribution in [3.63, 3.8) is 0 Å². The SMILES string of the molecule is CCCCCC/C=C\CCCCCCCCOCC1CN(C)C[C@H]1COCCCCCCCC/C=C\CCCCCC. The molecule has 0 spiro atoms. The van der Waals surface area contributed by atoms with E-state index >= 15 is 0 Å². The number of nitrogens with zero attached hydrogens (tertiary/aromatic N) is 1. The molecule has 248 valence electrons. The highest BCUT2D eigenvalue weighted by Crippen LogP contribution is 2.23. The van der Waals surface area contributed by atoms with E-state index in [1.165, 1.54) is 154 Å². The predicted molar refractivity (Wildman–Crippen MR) is 187 cm³/mol. The Balaban J connectivity index is 1.88. The van der Waals surface area contributed by atoms with Gasteiger partial charge in [0.2, 0.25) is 0 Å². The first-order valence-electron chi connectivity index (χ1n) is 18.9. The lowest BCUT2D eigenvalue weighted by molar-refractivity contribution is 0.0482.